The van der Waals surface area contributed by atoms with Gasteiger partial charge in [0.25, 0.3) is 11.1 Å². The van der Waals surface area contributed by atoms with Gasteiger partial charge in [0.1, 0.15) is 0 Å². The SMILES string of the molecule is CC(C)CN1C(=O)SC(=Cc2ccccc2)C1=O. The Balaban J connectivity index is 2.20. The quantitative estimate of drug-likeness (QED) is 0.783. The summed E-state index contributed by atoms with van der Waals surface area (Å²) in [6.07, 6.45) is 1.77. The summed E-state index contributed by atoms with van der Waals surface area (Å²) in [6.45, 7) is 4.46. The van der Waals surface area contributed by atoms with Crippen LogP contribution in [-0.4, -0.2) is 22.6 Å². The fourth-order valence-corrected chi connectivity index (χ4v) is 2.57. The van der Waals surface area contributed by atoms with E-state index in [-0.39, 0.29) is 17.1 Å². The third-order valence-corrected chi connectivity index (χ3v) is 3.43. The van der Waals surface area contributed by atoms with Crippen molar-refractivity contribution < 1.29 is 9.59 Å². The molecule has 0 atom stereocenters. The molecule has 4 heteroatoms. The van der Waals surface area contributed by atoms with Gasteiger partial charge in [-0.1, -0.05) is 44.2 Å². The lowest BCUT2D eigenvalue weighted by Crippen LogP contribution is -2.31. The van der Waals surface area contributed by atoms with E-state index >= 15 is 0 Å². The number of rotatable bonds is 3. The zero-order valence-electron chi connectivity index (χ0n) is 10.4. The normalized spacial score (nSPS) is 18.2. The molecule has 18 heavy (non-hydrogen) atoms. The van der Waals surface area contributed by atoms with Crippen molar-refractivity contribution in [1.82, 2.24) is 4.90 Å². The summed E-state index contributed by atoms with van der Waals surface area (Å²) in [5, 5.41) is -0.170. The third kappa shape index (κ3) is 2.82. The summed E-state index contributed by atoms with van der Waals surface area (Å²) in [4.78, 5) is 25.6. The van der Waals surface area contributed by atoms with Crippen molar-refractivity contribution in [2.75, 3.05) is 6.54 Å². The topological polar surface area (TPSA) is 37.4 Å². The maximum absolute atomic E-state index is 12.1. The Morgan fingerprint density at radius 2 is 1.89 bits per heavy atom. The number of nitrogens with zero attached hydrogens (tertiary/aromatic N) is 1. The molecule has 0 bridgehead atoms. The van der Waals surface area contributed by atoms with E-state index in [1.54, 1.807) is 6.08 Å². The Morgan fingerprint density at radius 1 is 1.22 bits per heavy atom. The standard InChI is InChI=1S/C14H15NO2S/c1-10(2)9-15-13(16)12(18-14(15)17)8-11-6-4-3-5-7-11/h3-8,10H,9H2,1-2H3. The summed E-state index contributed by atoms with van der Waals surface area (Å²) in [6, 6.07) is 9.56. The van der Waals surface area contributed by atoms with E-state index in [0.29, 0.717) is 11.4 Å². The van der Waals surface area contributed by atoms with Gasteiger partial charge >= 0.3 is 0 Å². The zero-order valence-corrected chi connectivity index (χ0v) is 11.2. The fraction of sp³-hybridized carbons (Fsp3) is 0.286. The highest BCUT2D eigenvalue weighted by atomic mass is 32.2. The van der Waals surface area contributed by atoms with E-state index in [4.69, 9.17) is 0 Å². The lowest BCUT2D eigenvalue weighted by Gasteiger charge is -2.14. The molecule has 0 N–H and O–H groups in total. The average molecular weight is 261 g/mol. The monoisotopic (exact) mass is 261 g/mol. The lowest BCUT2D eigenvalue weighted by atomic mass is 10.2. The van der Waals surface area contributed by atoms with Gasteiger partial charge in [-0.15, -0.1) is 0 Å². The van der Waals surface area contributed by atoms with E-state index in [1.165, 1.54) is 4.90 Å². The molecule has 1 fully saturated rings. The Morgan fingerprint density at radius 3 is 2.50 bits per heavy atom. The lowest BCUT2D eigenvalue weighted by molar-refractivity contribution is -0.123. The van der Waals surface area contributed by atoms with Crippen molar-refractivity contribution >= 4 is 29.0 Å². The Bertz CT molecular complexity index is 494. The molecule has 1 aromatic carbocycles. The summed E-state index contributed by atoms with van der Waals surface area (Å²) in [5.74, 6) is 0.108. The molecule has 0 spiro atoms. The number of carbonyl (C=O) groups is 2. The summed E-state index contributed by atoms with van der Waals surface area (Å²) in [7, 11) is 0. The van der Waals surface area contributed by atoms with Crippen LogP contribution in [0.5, 0.6) is 0 Å². The second kappa shape index (κ2) is 5.40. The van der Waals surface area contributed by atoms with E-state index in [9.17, 15) is 9.59 Å². The maximum Gasteiger partial charge on any atom is 0.293 e. The number of thioether (sulfide) groups is 1. The fourth-order valence-electron chi connectivity index (χ4n) is 1.72. The van der Waals surface area contributed by atoms with Gasteiger partial charge in [0, 0.05) is 6.54 Å². The van der Waals surface area contributed by atoms with Crippen LogP contribution in [0.15, 0.2) is 35.2 Å². The predicted octanol–water partition coefficient (Wildman–Crippen LogP) is 3.38. The number of imide groups is 1. The largest absolute Gasteiger partial charge is 0.293 e. The molecule has 1 saturated heterocycles. The van der Waals surface area contributed by atoms with Gasteiger partial charge in [-0.25, -0.2) is 0 Å². The van der Waals surface area contributed by atoms with Gasteiger partial charge in [-0.2, -0.15) is 0 Å². The molecule has 0 aromatic heterocycles. The highest BCUT2D eigenvalue weighted by Gasteiger charge is 2.34. The molecular formula is C14H15NO2S. The van der Waals surface area contributed by atoms with Crippen molar-refractivity contribution in [3.63, 3.8) is 0 Å². The maximum atomic E-state index is 12.1. The first-order valence-corrected chi connectivity index (χ1v) is 6.70. The van der Waals surface area contributed by atoms with Crippen molar-refractivity contribution in [3.05, 3.63) is 40.8 Å². The molecule has 3 nitrogen and oxygen atoms in total. The molecule has 0 radical (unpaired) electrons. The van der Waals surface area contributed by atoms with Gasteiger partial charge < -0.3 is 0 Å². The van der Waals surface area contributed by atoms with Crippen LogP contribution in [0.25, 0.3) is 6.08 Å². The van der Waals surface area contributed by atoms with Gasteiger partial charge in [-0.3, -0.25) is 14.5 Å². The molecule has 1 aromatic rings. The van der Waals surface area contributed by atoms with Crippen LogP contribution >= 0.6 is 11.8 Å². The molecule has 0 saturated carbocycles. The van der Waals surface area contributed by atoms with Crippen LogP contribution in [-0.2, 0) is 4.79 Å². The number of hydrogen-bond donors (Lipinski definition) is 0. The number of hydrogen-bond acceptors (Lipinski definition) is 3. The highest BCUT2D eigenvalue weighted by Crippen LogP contribution is 2.32. The summed E-state index contributed by atoms with van der Waals surface area (Å²) < 4.78 is 0. The number of carbonyl (C=O) groups excluding carboxylic acids is 2. The zero-order chi connectivity index (χ0) is 13.1. The van der Waals surface area contributed by atoms with E-state index in [2.05, 4.69) is 0 Å². The highest BCUT2D eigenvalue weighted by molar-refractivity contribution is 8.18. The Kier molecular flexibility index (Phi) is 3.87. The van der Waals surface area contributed by atoms with Crippen LogP contribution in [0.3, 0.4) is 0 Å². The average Bonchev–Trinajstić information content (AvgIpc) is 2.58. The third-order valence-electron chi connectivity index (χ3n) is 2.52. The molecular weight excluding hydrogens is 246 g/mol. The smallest absolute Gasteiger partial charge is 0.268 e. The van der Waals surface area contributed by atoms with Crippen LogP contribution < -0.4 is 0 Å². The first-order valence-electron chi connectivity index (χ1n) is 5.88. The molecule has 94 valence electrons. The van der Waals surface area contributed by atoms with Gasteiger partial charge in [0.2, 0.25) is 0 Å². The number of amides is 2. The minimum Gasteiger partial charge on any atom is -0.268 e. The van der Waals surface area contributed by atoms with Gasteiger partial charge in [0.15, 0.2) is 0 Å². The van der Waals surface area contributed by atoms with E-state index < -0.39 is 0 Å². The molecule has 0 aliphatic carbocycles. The second-order valence-electron chi connectivity index (χ2n) is 4.60. The first-order chi connectivity index (χ1) is 8.58. The van der Waals surface area contributed by atoms with Crippen molar-refractivity contribution in [1.29, 1.82) is 0 Å². The van der Waals surface area contributed by atoms with Crippen LogP contribution in [0.2, 0.25) is 0 Å². The van der Waals surface area contributed by atoms with Crippen molar-refractivity contribution in [2.24, 2.45) is 5.92 Å². The molecule has 2 amide bonds. The summed E-state index contributed by atoms with van der Waals surface area (Å²) >= 11 is 1.02. The molecule has 0 unspecified atom stereocenters. The van der Waals surface area contributed by atoms with E-state index in [0.717, 1.165) is 17.3 Å². The minimum absolute atomic E-state index is 0.170. The van der Waals surface area contributed by atoms with Crippen LogP contribution in [0.1, 0.15) is 19.4 Å². The molecule has 1 heterocycles. The van der Waals surface area contributed by atoms with Gasteiger partial charge in [-0.05, 0) is 29.3 Å². The van der Waals surface area contributed by atoms with Crippen molar-refractivity contribution in [2.45, 2.75) is 13.8 Å². The second-order valence-corrected chi connectivity index (χ2v) is 5.59. The van der Waals surface area contributed by atoms with Crippen LogP contribution in [0, 0.1) is 5.92 Å². The van der Waals surface area contributed by atoms with Gasteiger partial charge in [0.05, 0.1) is 4.91 Å². The van der Waals surface area contributed by atoms with Crippen molar-refractivity contribution in [3.8, 4) is 0 Å². The minimum atomic E-state index is -0.178. The van der Waals surface area contributed by atoms with Crippen LogP contribution in [0.4, 0.5) is 4.79 Å². The number of benzene rings is 1. The predicted molar refractivity (Wildman–Crippen MR) is 74.0 cm³/mol. The Hall–Kier alpha value is -1.55. The Labute approximate surface area is 111 Å². The molecule has 1 aliphatic heterocycles. The first kappa shape index (κ1) is 12.9. The molecule has 1 aliphatic rings. The van der Waals surface area contributed by atoms with E-state index in [1.807, 2.05) is 44.2 Å². The molecule has 2 rings (SSSR count). The summed E-state index contributed by atoms with van der Waals surface area (Å²) in [5.41, 5.74) is 0.938.